The van der Waals surface area contributed by atoms with Crippen molar-refractivity contribution in [2.24, 2.45) is 0 Å². The van der Waals surface area contributed by atoms with E-state index in [0.29, 0.717) is 5.92 Å². The van der Waals surface area contributed by atoms with Crippen LogP contribution >= 0.6 is 15.9 Å². The largest absolute Gasteiger partial charge is 0.456 e. The highest BCUT2D eigenvalue weighted by Gasteiger charge is 2.12. The number of halogens is 1. The maximum Gasteiger partial charge on any atom is 0.141 e. The molecule has 1 heterocycles. The molecule has 3 rings (SSSR count). The third kappa shape index (κ3) is 5.58. The van der Waals surface area contributed by atoms with Gasteiger partial charge in [-0.25, -0.2) is 0 Å². The minimum absolute atomic E-state index is 0.584. The van der Waals surface area contributed by atoms with Gasteiger partial charge in [0.2, 0.25) is 0 Å². The lowest BCUT2D eigenvalue weighted by Gasteiger charge is -2.22. The molecule has 134 valence electrons. The van der Waals surface area contributed by atoms with Crippen molar-refractivity contribution < 1.29 is 4.74 Å². The zero-order valence-corrected chi connectivity index (χ0v) is 16.7. The van der Waals surface area contributed by atoms with Crippen LogP contribution in [0.3, 0.4) is 0 Å². The molecule has 3 heteroatoms. The summed E-state index contributed by atoms with van der Waals surface area (Å²) in [5, 5.41) is 0. The van der Waals surface area contributed by atoms with E-state index in [2.05, 4.69) is 52.0 Å². The topological polar surface area (TPSA) is 12.5 Å². The summed E-state index contributed by atoms with van der Waals surface area (Å²) in [4.78, 5) is 2.65. The fourth-order valence-corrected chi connectivity index (χ4v) is 3.79. The van der Waals surface area contributed by atoms with Crippen LogP contribution in [0.1, 0.15) is 50.5 Å². The Morgan fingerprint density at radius 3 is 2.32 bits per heavy atom. The number of likely N-dealkylation sites (tertiary alicyclic amines) is 1. The van der Waals surface area contributed by atoms with Crippen LogP contribution in [-0.4, -0.2) is 24.5 Å². The van der Waals surface area contributed by atoms with Crippen molar-refractivity contribution in [1.82, 2.24) is 4.90 Å². The normalized spacial score (nSPS) is 17.0. The van der Waals surface area contributed by atoms with Crippen LogP contribution in [0.2, 0.25) is 0 Å². The average Bonchev–Trinajstić information content (AvgIpc) is 2.91. The molecule has 1 aliphatic rings. The van der Waals surface area contributed by atoms with Gasteiger partial charge in [-0.3, -0.25) is 0 Å². The summed E-state index contributed by atoms with van der Waals surface area (Å²) >= 11 is 3.53. The van der Waals surface area contributed by atoms with Crippen molar-refractivity contribution in [2.45, 2.75) is 44.9 Å². The quantitative estimate of drug-likeness (QED) is 0.539. The van der Waals surface area contributed by atoms with Gasteiger partial charge in [0, 0.05) is 0 Å². The highest BCUT2D eigenvalue weighted by Crippen LogP contribution is 2.30. The summed E-state index contributed by atoms with van der Waals surface area (Å²) in [6, 6.07) is 16.5. The molecular formula is C22H28BrNO. The van der Waals surface area contributed by atoms with Crippen LogP contribution in [0.4, 0.5) is 0 Å². The Hall–Kier alpha value is -1.32. The smallest absolute Gasteiger partial charge is 0.141 e. The van der Waals surface area contributed by atoms with Crippen molar-refractivity contribution in [3.63, 3.8) is 0 Å². The molecule has 2 nitrogen and oxygen atoms in total. The van der Waals surface area contributed by atoms with Gasteiger partial charge in [0.25, 0.3) is 0 Å². The Morgan fingerprint density at radius 2 is 1.64 bits per heavy atom. The summed E-state index contributed by atoms with van der Waals surface area (Å²) in [5.74, 6) is 2.32. The zero-order valence-electron chi connectivity index (χ0n) is 15.1. The number of hydrogen-bond acceptors (Lipinski definition) is 2. The summed E-state index contributed by atoms with van der Waals surface area (Å²) in [6.07, 6.45) is 6.78. The van der Waals surface area contributed by atoms with E-state index in [0.717, 1.165) is 16.0 Å². The molecule has 1 fully saturated rings. The first-order chi connectivity index (χ1) is 12.2. The van der Waals surface area contributed by atoms with Crippen molar-refractivity contribution in [1.29, 1.82) is 0 Å². The van der Waals surface area contributed by atoms with E-state index in [1.807, 2.05) is 24.3 Å². The van der Waals surface area contributed by atoms with Gasteiger partial charge >= 0.3 is 0 Å². The predicted octanol–water partition coefficient (Wildman–Crippen LogP) is 6.61. The maximum absolute atomic E-state index is 5.96. The summed E-state index contributed by atoms with van der Waals surface area (Å²) in [5.41, 5.74) is 1.40. The molecular weight excluding hydrogens is 374 g/mol. The fourth-order valence-electron chi connectivity index (χ4n) is 3.42. The lowest BCUT2D eigenvalue weighted by atomic mass is 9.97. The Balaban J connectivity index is 1.53. The van der Waals surface area contributed by atoms with E-state index in [1.165, 1.54) is 57.3 Å². The van der Waals surface area contributed by atoms with Crippen LogP contribution < -0.4 is 4.74 Å². The zero-order chi connectivity index (χ0) is 17.5. The first kappa shape index (κ1) is 18.5. The van der Waals surface area contributed by atoms with Gasteiger partial charge in [0.1, 0.15) is 11.5 Å². The first-order valence-electron chi connectivity index (χ1n) is 9.47. The van der Waals surface area contributed by atoms with Crippen LogP contribution in [0.5, 0.6) is 11.5 Å². The van der Waals surface area contributed by atoms with Gasteiger partial charge in [-0.2, -0.15) is 0 Å². The predicted molar refractivity (Wildman–Crippen MR) is 109 cm³/mol. The van der Waals surface area contributed by atoms with E-state index in [-0.39, 0.29) is 0 Å². The standard InChI is InChI=1S/C22H28BrNO/c1-18(14-17-24-15-6-2-3-7-16-24)19-10-12-20(13-11-19)25-22-9-5-4-8-21(22)23/h4-5,8-13,18H,2-3,6-7,14-17H2,1H3. The van der Waals surface area contributed by atoms with Gasteiger partial charge in [-0.1, -0.05) is 44.0 Å². The molecule has 1 aliphatic heterocycles. The van der Waals surface area contributed by atoms with Crippen LogP contribution in [0.15, 0.2) is 53.0 Å². The molecule has 0 amide bonds. The van der Waals surface area contributed by atoms with Gasteiger partial charge in [-0.05, 0) is 90.6 Å². The summed E-state index contributed by atoms with van der Waals surface area (Å²) in [7, 11) is 0. The summed E-state index contributed by atoms with van der Waals surface area (Å²) in [6.45, 7) is 6.12. The maximum atomic E-state index is 5.96. The van der Waals surface area contributed by atoms with Crippen molar-refractivity contribution in [3.05, 3.63) is 58.6 Å². The van der Waals surface area contributed by atoms with E-state index >= 15 is 0 Å². The molecule has 0 radical (unpaired) electrons. The van der Waals surface area contributed by atoms with Crippen LogP contribution in [0, 0.1) is 0 Å². The van der Waals surface area contributed by atoms with Crippen LogP contribution in [0.25, 0.3) is 0 Å². The number of hydrogen-bond donors (Lipinski definition) is 0. The SMILES string of the molecule is CC(CCN1CCCCCC1)c1ccc(Oc2ccccc2Br)cc1. The number of benzene rings is 2. The van der Waals surface area contributed by atoms with Crippen molar-refractivity contribution in [3.8, 4) is 11.5 Å². The molecule has 0 saturated carbocycles. The minimum atomic E-state index is 0.584. The number of ether oxygens (including phenoxy) is 1. The van der Waals surface area contributed by atoms with Gasteiger partial charge in [0.15, 0.2) is 0 Å². The lowest BCUT2D eigenvalue weighted by Crippen LogP contribution is -2.26. The number of para-hydroxylation sites is 1. The molecule has 0 bridgehead atoms. The molecule has 1 unspecified atom stereocenters. The molecule has 1 saturated heterocycles. The second-order valence-corrected chi connectivity index (χ2v) is 7.90. The Labute approximate surface area is 160 Å². The Kier molecular flexibility index (Phi) is 6.94. The Bertz CT molecular complexity index is 647. The highest BCUT2D eigenvalue weighted by atomic mass is 79.9. The number of rotatable bonds is 6. The molecule has 0 aliphatic carbocycles. The molecule has 25 heavy (non-hydrogen) atoms. The van der Waals surface area contributed by atoms with Gasteiger partial charge < -0.3 is 9.64 Å². The van der Waals surface area contributed by atoms with Gasteiger partial charge in [-0.15, -0.1) is 0 Å². The van der Waals surface area contributed by atoms with Crippen molar-refractivity contribution in [2.75, 3.05) is 19.6 Å². The third-order valence-electron chi connectivity index (χ3n) is 5.09. The molecule has 0 aromatic heterocycles. The van der Waals surface area contributed by atoms with Crippen LogP contribution in [-0.2, 0) is 0 Å². The second-order valence-electron chi connectivity index (χ2n) is 7.05. The second kappa shape index (κ2) is 9.40. The van der Waals surface area contributed by atoms with E-state index in [9.17, 15) is 0 Å². The lowest BCUT2D eigenvalue weighted by molar-refractivity contribution is 0.275. The van der Waals surface area contributed by atoms with E-state index < -0.39 is 0 Å². The average molecular weight is 402 g/mol. The number of nitrogens with zero attached hydrogens (tertiary/aromatic N) is 1. The third-order valence-corrected chi connectivity index (χ3v) is 5.75. The summed E-state index contributed by atoms with van der Waals surface area (Å²) < 4.78 is 6.93. The highest BCUT2D eigenvalue weighted by molar-refractivity contribution is 9.10. The van der Waals surface area contributed by atoms with E-state index in [1.54, 1.807) is 0 Å². The molecule has 1 atom stereocenters. The molecule has 2 aromatic carbocycles. The van der Waals surface area contributed by atoms with Crippen molar-refractivity contribution >= 4 is 15.9 Å². The van der Waals surface area contributed by atoms with Gasteiger partial charge in [0.05, 0.1) is 4.47 Å². The first-order valence-corrected chi connectivity index (χ1v) is 10.3. The Morgan fingerprint density at radius 1 is 0.960 bits per heavy atom. The molecule has 0 spiro atoms. The molecule has 0 N–H and O–H groups in total. The minimum Gasteiger partial charge on any atom is -0.456 e. The van der Waals surface area contributed by atoms with E-state index in [4.69, 9.17) is 4.74 Å². The fraction of sp³-hybridized carbons (Fsp3) is 0.455. The molecule has 2 aromatic rings. The monoisotopic (exact) mass is 401 g/mol.